The third kappa shape index (κ3) is 5.28. The molecule has 0 atom stereocenters. The van der Waals surface area contributed by atoms with E-state index in [1.54, 1.807) is 0 Å². The Morgan fingerprint density at radius 2 is 1.91 bits per heavy atom. The van der Waals surface area contributed by atoms with Crippen LogP contribution >= 0.6 is 0 Å². The van der Waals surface area contributed by atoms with Gasteiger partial charge in [0.15, 0.2) is 0 Å². The number of nitrogens with zero attached hydrogens (tertiary/aromatic N) is 4. The first kappa shape index (κ1) is 17.9. The molecule has 0 unspecified atom stereocenters. The van der Waals surface area contributed by atoms with Gasteiger partial charge in [-0.25, -0.2) is 8.78 Å². The van der Waals surface area contributed by atoms with Crippen molar-refractivity contribution in [2.24, 2.45) is 0 Å². The van der Waals surface area contributed by atoms with Crippen LogP contribution in [0.5, 0.6) is 0 Å². The topological polar surface area (TPSA) is 102 Å². The van der Waals surface area contributed by atoms with E-state index in [0.29, 0.717) is 0 Å². The molecule has 0 radical (unpaired) electrons. The second kappa shape index (κ2) is 7.74. The van der Waals surface area contributed by atoms with Gasteiger partial charge >= 0.3 is 5.82 Å². The number of Topliss-reactive ketones (excluding diaryl/α,β-unsaturated/α-hetero) is 1. The molecule has 2 rings (SSSR count). The Morgan fingerprint density at radius 1 is 1.39 bits per heavy atom. The number of carbonyl (C=O) groups is 1. The summed E-state index contributed by atoms with van der Waals surface area (Å²) < 4.78 is 27.9. The molecule has 0 fully saturated rings. The van der Waals surface area contributed by atoms with Crippen LogP contribution in [0, 0.1) is 33.1 Å². The smallest absolute Gasteiger partial charge is 0.358 e. The lowest BCUT2D eigenvalue weighted by molar-refractivity contribution is -0.389. The molecule has 0 saturated carbocycles. The van der Waals surface area contributed by atoms with E-state index in [-0.39, 0.29) is 23.7 Å². The van der Waals surface area contributed by atoms with Gasteiger partial charge in [-0.2, -0.15) is 9.94 Å². The lowest BCUT2D eigenvalue weighted by Gasteiger charge is -2.01. The minimum absolute atomic E-state index is 0.0343. The van der Waals surface area contributed by atoms with Crippen LogP contribution < -0.4 is 0 Å². The summed E-state index contributed by atoms with van der Waals surface area (Å²) >= 11 is 0. The van der Waals surface area contributed by atoms with Crippen LogP contribution in [-0.2, 0) is 11.3 Å². The van der Waals surface area contributed by atoms with Crippen LogP contribution in [0.2, 0.25) is 0 Å². The SMILES string of the molecule is CC(C)=O.N#Cc1c(F)cc(Cn2ccc([N+](=O)[O-])n2)cc1F. The second-order valence-corrected chi connectivity index (χ2v) is 4.58. The highest BCUT2D eigenvalue weighted by Gasteiger charge is 2.14. The Kier molecular flexibility index (Phi) is 6.03. The Bertz CT molecular complexity index is 754. The zero-order chi connectivity index (χ0) is 17.6. The quantitative estimate of drug-likeness (QED) is 0.638. The van der Waals surface area contributed by atoms with Crippen molar-refractivity contribution in [3.8, 4) is 6.07 Å². The first-order valence-electron chi connectivity index (χ1n) is 6.27. The summed E-state index contributed by atoms with van der Waals surface area (Å²) in [7, 11) is 0. The molecule has 0 aliphatic carbocycles. The van der Waals surface area contributed by atoms with Gasteiger partial charge in [0.05, 0.1) is 23.9 Å². The Morgan fingerprint density at radius 3 is 2.30 bits per heavy atom. The average Bonchev–Trinajstić information content (AvgIpc) is 2.86. The van der Waals surface area contributed by atoms with Crippen LogP contribution in [0.3, 0.4) is 0 Å². The van der Waals surface area contributed by atoms with Crippen molar-refractivity contribution in [2.75, 3.05) is 0 Å². The fourth-order valence-electron chi connectivity index (χ4n) is 1.55. The molecule has 1 aromatic carbocycles. The molecule has 9 heteroatoms. The van der Waals surface area contributed by atoms with E-state index in [4.69, 9.17) is 5.26 Å². The second-order valence-electron chi connectivity index (χ2n) is 4.58. The fraction of sp³-hybridized carbons (Fsp3) is 0.214. The summed E-state index contributed by atoms with van der Waals surface area (Å²) in [6.07, 6.45) is 1.33. The molecule has 0 spiro atoms. The van der Waals surface area contributed by atoms with Gasteiger partial charge in [0.2, 0.25) is 0 Å². The zero-order valence-corrected chi connectivity index (χ0v) is 12.3. The zero-order valence-electron chi connectivity index (χ0n) is 12.3. The van der Waals surface area contributed by atoms with Gasteiger partial charge in [-0.1, -0.05) is 0 Å². The van der Waals surface area contributed by atoms with Crippen LogP contribution in [0.4, 0.5) is 14.6 Å². The molecule has 7 nitrogen and oxygen atoms in total. The van der Waals surface area contributed by atoms with Crippen LogP contribution in [-0.4, -0.2) is 20.5 Å². The average molecular weight is 322 g/mol. The summed E-state index contributed by atoms with van der Waals surface area (Å²) in [6.45, 7) is 3.02. The highest BCUT2D eigenvalue weighted by molar-refractivity contribution is 5.72. The monoisotopic (exact) mass is 322 g/mol. The molecule has 0 aliphatic rings. The first-order valence-corrected chi connectivity index (χ1v) is 6.27. The van der Waals surface area contributed by atoms with E-state index < -0.39 is 22.1 Å². The van der Waals surface area contributed by atoms with Crippen molar-refractivity contribution in [1.82, 2.24) is 9.78 Å². The lowest BCUT2D eigenvalue weighted by Crippen LogP contribution is -2.03. The van der Waals surface area contributed by atoms with Crippen molar-refractivity contribution < 1.29 is 18.5 Å². The molecule has 0 saturated heterocycles. The number of rotatable bonds is 3. The maximum absolute atomic E-state index is 13.3. The maximum atomic E-state index is 13.3. The van der Waals surface area contributed by atoms with Crippen LogP contribution in [0.15, 0.2) is 24.4 Å². The maximum Gasteiger partial charge on any atom is 0.389 e. The van der Waals surface area contributed by atoms with Crippen LogP contribution in [0.1, 0.15) is 25.0 Å². The number of benzene rings is 1. The first-order chi connectivity index (χ1) is 10.7. The summed E-state index contributed by atoms with van der Waals surface area (Å²) in [5, 5.41) is 22.6. The number of carbonyl (C=O) groups excluding carboxylic acids is 1. The van der Waals surface area contributed by atoms with E-state index in [1.807, 2.05) is 0 Å². The molecular weight excluding hydrogens is 310 g/mol. The van der Waals surface area contributed by atoms with Crippen molar-refractivity contribution >= 4 is 11.6 Å². The predicted octanol–water partition coefficient (Wildman–Crippen LogP) is 2.58. The summed E-state index contributed by atoms with van der Waals surface area (Å²) in [6, 6.07) is 4.58. The van der Waals surface area contributed by atoms with Gasteiger partial charge < -0.3 is 14.9 Å². The Hall–Kier alpha value is -3.15. The van der Waals surface area contributed by atoms with Gasteiger partial charge in [0.1, 0.15) is 29.1 Å². The molecule has 0 amide bonds. The predicted molar refractivity (Wildman–Crippen MR) is 75.4 cm³/mol. The Labute approximate surface area is 129 Å². The van der Waals surface area contributed by atoms with Crippen molar-refractivity contribution in [2.45, 2.75) is 20.4 Å². The number of hydrogen-bond acceptors (Lipinski definition) is 5. The van der Waals surface area contributed by atoms with E-state index in [2.05, 4.69) is 5.10 Å². The third-order valence-electron chi connectivity index (χ3n) is 2.37. The van der Waals surface area contributed by atoms with Gasteiger partial charge in [-0.05, 0) is 36.5 Å². The number of aromatic nitrogens is 2. The largest absolute Gasteiger partial charge is 0.389 e. The van der Waals surface area contributed by atoms with E-state index in [0.717, 1.165) is 12.1 Å². The van der Waals surface area contributed by atoms with E-state index in [1.165, 1.54) is 36.9 Å². The molecular formula is C14H12F2N4O3. The van der Waals surface area contributed by atoms with Gasteiger partial charge in [-0.3, -0.25) is 0 Å². The highest BCUT2D eigenvalue weighted by atomic mass is 19.1. The minimum Gasteiger partial charge on any atom is -0.358 e. The number of halogens is 2. The fourth-order valence-corrected chi connectivity index (χ4v) is 1.55. The van der Waals surface area contributed by atoms with E-state index >= 15 is 0 Å². The summed E-state index contributed by atoms with van der Waals surface area (Å²) in [5.41, 5.74) is -0.442. The molecule has 1 heterocycles. The molecule has 0 aliphatic heterocycles. The number of nitriles is 1. The van der Waals surface area contributed by atoms with Crippen molar-refractivity contribution in [3.63, 3.8) is 0 Å². The third-order valence-corrected chi connectivity index (χ3v) is 2.37. The van der Waals surface area contributed by atoms with Crippen molar-refractivity contribution in [3.05, 3.63) is 57.3 Å². The molecule has 23 heavy (non-hydrogen) atoms. The molecule has 0 N–H and O–H groups in total. The molecule has 2 aromatic rings. The van der Waals surface area contributed by atoms with E-state index in [9.17, 15) is 23.7 Å². The molecule has 1 aromatic heterocycles. The number of hydrogen-bond donors (Lipinski definition) is 0. The number of ketones is 1. The van der Waals surface area contributed by atoms with Crippen molar-refractivity contribution in [1.29, 1.82) is 5.26 Å². The minimum atomic E-state index is -0.973. The molecule has 120 valence electrons. The highest BCUT2D eigenvalue weighted by Crippen LogP contribution is 2.16. The van der Waals surface area contributed by atoms with Gasteiger partial charge in [-0.15, -0.1) is 0 Å². The summed E-state index contributed by atoms with van der Waals surface area (Å²) in [4.78, 5) is 19.2. The standard InChI is InChI=1S/C11H6F2N4O2.C3H6O/c12-9-3-7(4-10(13)8(9)5-14)6-16-2-1-11(15-16)17(18)19;1-3(2)4/h1-4H,6H2;1-2H3. The Balaban J connectivity index is 0.000000593. The normalized spacial score (nSPS) is 9.52. The summed E-state index contributed by atoms with van der Waals surface area (Å²) in [5.74, 6) is -2.13. The van der Waals surface area contributed by atoms with Crippen LogP contribution in [0.25, 0.3) is 0 Å². The number of nitro groups is 1. The molecule has 0 bridgehead atoms. The van der Waals surface area contributed by atoms with Gasteiger partial charge in [0, 0.05) is 0 Å². The van der Waals surface area contributed by atoms with Gasteiger partial charge in [0.25, 0.3) is 0 Å². The lowest BCUT2D eigenvalue weighted by atomic mass is 10.1.